The molecule has 0 aliphatic rings. The molecule has 0 saturated heterocycles. The summed E-state index contributed by atoms with van der Waals surface area (Å²) in [4.78, 5) is 10.7. The third-order valence-electron chi connectivity index (χ3n) is 2.83. The number of aliphatic carboxylic acids is 1. The zero-order valence-electron chi connectivity index (χ0n) is 11.9. The molecule has 0 radical (unpaired) electrons. The predicted molar refractivity (Wildman–Crippen MR) is 73.9 cm³/mol. The van der Waals surface area contributed by atoms with E-state index in [1.165, 1.54) is 0 Å². The summed E-state index contributed by atoms with van der Waals surface area (Å²) in [5.41, 5.74) is 1.58. The summed E-state index contributed by atoms with van der Waals surface area (Å²) in [5.74, 6) is 0.0929. The van der Waals surface area contributed by atoms with Crippen molar-refractivity contribution in [2.45, 2.75) is 52.6 Å². The van der Waals surface area contributed by atoms with Gasteiger partial charge in [0.2, 0.25) is 0 Å². The van der Waals surface area contributed by atoms with Gasteiger partial charge in [-0.2, -0.15) is 0 Å². The molecular formula is C15H22O4. The highest BCUT2D eigenvalue weighted by molar-refractivity contribution is 5.67. The minimum Gasteiger partial charge on any atom is -0.508 e. The van der Waals surface area contributed by atoms with Crippen molar-refractivity contribution in [3.05, 3.63) is 23.3 Å². The van der Waals surface area contributed by atoms with Crippen LogP contribution in [0.2, 0.25) is 0 Å². The first kappa shape index (κ1) is 15.3. The molecule has 0 atom stereocenters. The largest absolute Gasteiger partial charge is 0.508 e. The number of hydrogen-bond donors (Lipinski definition) is 2. The van der Waals surface area contributed by atoms with E-state index in [2.05, 4.69) is 0 Å². The molecule has 0 aromatic heterocycles. The van der Waals surface area contributed by atoms with Crippen molar-refractivity contribution in [3.63, 3.8) is 0 Å². The number of benzene rings is 1. The van der Waals surface area contributed by atoms with Gasteiger partial charge in [-0.1, -0.05) is 19.9 Å². The van der Waals surface area contributed by atoms with Crippen LogP contribution < -0.4 is 4.74 Å². The molecule has 0 spiro atoms. The fourth-order valence-electron chi connectivity index (χ4n) is 1.94. The van der Waals surface area contributed by atoms with E-state index in [1.54, 1.807) is 6.07 Å². The average Bonchev–Trinajstić information content (AvgIpc) is 2.26. The molecule has 0 heterocycles. The van der Waals surface area contributed by atoms with E-state index in [9.17, 15) is 9.90 Å². The second kappa shape index (κ2) is 6.45. The lowest BCUT2D eigenvalue weighted by Crippen LogP contribution is -2.11. The van der Waals surface area contributed by atoms with Crippen LogP contribution in [-0.4, -0.2) is 22.3 Å². The highest BCUT2D eigenvalue weighted by Crippen LogP contribution is 2.37. The standard InChI is InChI=1S/C15H22O4/c1-9(2)11-5-7-13(16)12(6-8-14(17)18)15(11)19-10(3)4/h5,7,9-10,16H,6,8H2,1-4H3,(H,17,18). The Morgan fingerprint density at radius 2 is 1.89 bits per heavy atom. The number of phenols is 1. The fourth-order valence-corrected chi connectivity index (χ4v) is 1.94. The molecule has 19 heavy (non-hydrogen) atoms. The van der Waals surface area contributed by atoms with E-state index in [0.29, 0.717) is 11.3 Å². The van der Waals surface area contributed by atoms with Gasteiger partial charge in [-0.25, -0.2) is 0 Å². The van der Waals surface area contributed by atoms with Gasteiger partial charge in [0.25, 0.3) is 0 Å². The maximum Gasteiger partial charge on any atom is 0.303 e. The summed E-state index contributed by atoms with van der Waals surface area (Å²) >= 11 is 0. The van der Waals surface area contributed by atoms with Crippen molar-refractivity contribution in [1.82, 2.24) is 0 Å². The molecule has 0 amide bonds. The summed E-state index contributed by atoms with van der Waals surface area (Å²) in [6.07, 6.45) is 0.218. The number of ether oxygens (including phenoxy) is 1. The Balaban J connectivity index is 3.22. The van der Waals surface area contributed by atoms with E-state index < -0.39 is 5.97 Å². The Kier molecular flexibility index (Phi) is 5.21. The number of rotatable bonds is 6. The molecule has 4 heteroatoms. The van der Waals surface area contributed by atoms with Crippen molar-refractivity contribution in [2.75, 3.05) is 0 Å². The van der Waals surface area contributed by atoms with Gasteiger partial charge < -0.3 is 14.9 Å². The summed E-state index contributed by atoms with van der Waals surface area (Å²) in [5, 5.41) is 18.7. The number of carboxylic acids is 1. The number of hydrogen-bond acceptors (Lipinski definition) is 3. The summed E-state index contributed by atoms with van der Waals surface area (Å²) in [6.45, 7) is 7.91. The topological polar surface area (TPSA) is 66.8 Å². The Morgan fingerprint density at radius 1 is 1.26 bits per heavy atom. The predicted octanol–water partition coefficient (Wildman–Crippen LogP) is 3.32. The highest BCUT2D eigenvalue weighted by atomic mass is 16.5. The maximum atomic E-state index is 10.7. The van der Waals surface area contributed by atoms with Crippen LogP contribution in [0.25, 0.3) is 0 Å². The zero-order valence-corrected chi connectivity index (χ0v) is 11.9. The summed E-state index contributed by atoms with van der Waals surface area (Å²) in [6, 6.07) is 3.45. The van der Waals surface area contributed by atoms with Gasteiger partial charge in [0, 0.05) is 12.0 Å². The van der Waals surface area contributed by atoms with E-state index in [4.69, 9.17) is 9.84 Å². The highest BCUT2D eigenvalue weighted by Gasteiger charge is 2.18. The Morgan fingerprint density at radius 3 is 2.37 bits per heavy atom. The molecule has 4 nitrogen and oxygen atoms in total. The van der Waals surface area contributed by atoms with Gasteiger partial charge in [-0.15, -0.1) is 0 Å². The van der Waals surface area contributed by atoms with Crippen LogP contribution in [0, 0.1) is 0 Å². The summed E-state index contributed by atoms with van der Waals surface area (Å²) in [7, 11) is 0. The lowest BCUT2D eigenvalue weighted by atomic mass is 9.96. The number of carbonyl (C=O) groups is 1. The molecule has 1 rings (SSSR count). The Bertz CT molecular complexity index is 450. The molecule has 1 aromatic carbocycles. The van der Waals surface area contributed by atoms with Crippen molar-refractivity contribution < 1.29 is 19.7 Å². The van der Waals surface area contributed by atoms with Gasteiger partial charge in [0.1, 0.15) is 11.5 Å². The van der Waals surface area contributed by atoms with E-state index in [0.717, 1.165) is 5.56 Å². The number of carboxylic acid groups (broad SMARTS) is 1. The van der Waals surface area contributed by atoms with E-state index in [-0.39, 0.29) is 30.6 Å². The normalized spacial score (nSPS) is 11.1. The van der Waals surface area contributed by atoms with Crippen LogP contribution in [0.15, 0.2) is 12.1 Å². The van der Waals surface area contributed by atoms with Gasteiger partial charge in [0.05, 0.1) is 6.10 Å². The van der Waals surface area contributed by atoms with Gasteiger partial charge in [-0.05, 0) is 37.8 Å². The monoisotopic (exact) mass is 266 g/mol. The molecule has 0 fully saturated rings. The Labute approximate surface area is 114 Å². The fraction of sp³-hybridized carbons (Fsp3) is 0.533. The van der Waals surface area contributed by atoms with Crippen LogP contribution in [-0.2, 0) is 11.2 Å². The van der Waals surface area contributed by atoms with Crippen molar-refractivity contribution in [1.29, 1.82) is 0 Å². The van der Waals surface area contributed by atoms with Gasteiger partial charge in [-0.3, -0.25) is 4.79 Å². The van der Waals surface area contributed by atoms with Crippen LogP contribution in [0.3, 0.4) is 0 Å². The molecule has 1 aromatic rings. The third kappa shape index (κ3) is 4.16. The quantitative estimate of drug-likeness (QED) is 0.829. The minimum atomic E-state index is -0.884. The third-order valence-corrected chi connectivity index (χ3v) is 2.83. The first-order valence-corrected chi connectivity index (χ1v) is 6.56. The van der Waals surface area contributed by atoms with Gasteiger partial charge in [0.15, 0.2) is 0 Å². The molecule has 0 unspecified atom stereocenters. The Hall–Kier alpha value is -1.71. The number of phenolic OH excluding ortho intramolecular Hbond substituents is 1. The zero-order chi connectivity index (χ0) is 14.6. The molecule has 0 bridgehead atoms. The first-order chi connectivity index (χ1) is 8.82. The van der Waals surface area contributed by atoms with Crippen molar-refractivity contribution in [3.8, 4) is 11.5 Å². The number of aromatic hydroxyl groups is 1. The van der Waals surface area contributed by atoms with E-state index >= 15 is 0 Å². The molecule has 0 aliphatic carbocycles. The summed E-state index contributed by atoms with van der Waals surface area (Å²) < 4.78 is 5.80. The van der Waals surface area contributed by atoms with Crippen LogP contribution >= 0.6 is 0 Å². The lowest BCUT2D eigenvalue weighted by Gasteiger charge is -2.21. The lowest BCUT2D eigenvalue weighted by molar-refractivity contribution is -0.136. The average molecular weight is 266 g/mol. The molecule has 0 aliphatic heterocycles. The van der Waals surface area contributed by atoms with E-state index in [1.807, 2.05) is 33.8 Å². The van der Waals surface area contributed by atoms with Crippen molar-refractivity contribution in [2.24, 2.45) is 0 Å². The van der Waals surface area contributed by atoms with Crippen LogP contribution in [0.1, 0.15) is 51.2 Å². The molecule has 0 saturated carbocycles. The SMILES string of the molecule is CC(C)Oc1c(C(C)C)ccc(O)c1CCC(=O)O. The second-order valence-electron chi connectivity index (χ2n) is 5.20. The van der Waals surface area contributed by atoms with Crippen LogP contribution in [0.5, 0.6) is 11.5 Å². The molecule has 106 valence electrons. The second-order valence-corrected chi connectivity index (χ2v) is 5.20. The maximum absolute atomic E-state index is 10.7. The van der Waals surface area contributed by atoms with Crippen molar-refractivity contribution >= 4 is 5.97 Å². The van der Waals surface area contributed by atoms with Crippen LogP contribution in [0.4, 0.5) is 0 Å². The minimum absolute atomic E-state index is 0.0242. The first-order valence-electron chi connectivity index (χ1n) is 6.56. The van der Waals surface area contributed by atoms with Gasteiger partial charge >= 0.3 is 5.97 Å². The molecule has 2 N–H and O–H groups in total. The molecular weight excluding hydrogens is 244 g/mol. The smallest absolute Gasteiger partial charge is 0.303 e.